The molecule has 1 aromatic carbocycles. The highest BCUT2D eigenvalue weighted by Gasteiger charge is 2.09. The van der Waals surface area contributed by atoms with Gasteiger partial charge in [0.25, 0.3) is 5.91 Å². The average molecular weight is 288 g/mol. The van der Waals surface area contributed by atoms with Crippen LogP contribution in [0.15, 0.2) is 24.3 Å². The summed E-state index contributed by atoms with van der Waals surface area (Å²) in [5.41, 5.74) is 0.993. The van der Waals surface area contributed by atoms with Gasteiger partial charge in [0.05, 0.1) is 5.56 Å². The molecule has 0 atom stereocenters. The predicted octanol–water partition coefficient (Wildman–Crippen LogP) is 0.676. The van der Waals surface area contributed by atoms with Crippen LogP contribution in [-0.2, 0) is 4.79 Å². The summed E-state index contributed by atoms with van der Waals surface area (Å²) in [4.78, 5) is 23.5. The second-order valence-electron chi connectivity index (χ2n) is 4.36. The molecular formula is C16H20N2O3. The first-order chi connectivity index (χ1) is 10.2. The third-order valence-corrected chi connectivity index (χ3v) is 2.68. The summed E-state index contributed by atoms with van der Waals surface area (Å²) in [5, 5.41) is 14.1. The van der Waals surface area contributed by atoms with E-state index in [4.69, 9.17) is 5.11 Å². The number of nitrogens with one attached hydrogen (secondary N) is 2. The molecule has 0 saturated carbocycles. The van der Waals surface area contributed by atoms with E-state index in [9.17, 15) is 9.59 Å². The summed E-state index contributed by atoms with van der Waals surface area (Å²) in [6.07, 6.45) is 1.13. The minimum absolute atomic E-state index is 0.0782. The maximum absolute atomic E-state index is 12.1. The summed E-state index contributed by atoms with van der Waals surface area (Å²) in [7, 11) is 0. The SMILES string of the molecule is CCCNC(=O)CCNC(=O)c1ccccc1C#CCO. The van der Waals surface area contributed by atoms with Crippen molar-refractivity contribution >= 4 is 11.8 Å². The van der Waals surface area contributed by atoms with Crippen LogP contribution in [0.1, 0.15) is 35.7 Å². The molecule has 0 aliphatic carbocycles. The number of aliphatic hydroxyl groups excluding tert-OH is 1. The van der Waals surface area contributed by atoms with E-state index in [2.05, 4.69) is 22.5 Å². The standard InChI is InChI=1S/C16H20N2O3/c1-2-10-17-15(20)9-11-18-16(21)14-8-4-3-6-13(14)7-5-12-19/h3-4,6,8,19H,2,9-12H2,1H3,(H,17,20)(H,18,21). The van der Waals surface area contributed by atoms with Crippen molar-refractivity contribution < 1.29 is 14.7 Å². The number of benzene rings is 1. The highest BCUT2D eigenvalue weighted by molar-refractivity contribution is 5.96. The molecule has 0 fully saturated rings. The van der Waals surface area contributed by atoms with E-state index >= 15 is 0 Å². The van der Waals surface area contributed by atoms with Crippen LogP contribution in [0.2, 0.25) is 0 Å². The van der Waals surface area contributed by atoms with E-state index in [-0.39, 0.29) is 31.4 Å². The Balaban J connectivity index is 2.54. The van der Waals surface area contributed by atoms with Crippen LogP contribution in [0, 0.1) is 11.8 Å². The first kappa shape index (κ1) is 16.7. The Morgan fingerprint density at radius 3 is 2.67 bits per heavy atom. The van der Waals surface area contributed by atoms with Crippen molar-refractivity contribution in [3.05, 3.63) is 35.4 Å². The van der Waals surface area contributed by atoms with Crippen LogP contribution >= 0.6 is 0 Å². The van der Waals surface area contributed by atoms with Crippen molar-refractivity contribution in [3.63, 3.8) is 0 Å². The van der Waals surface area contributed by atoms with E-state index in [0.29, 0.717) is 17.7 Å². The Labute approximate surface area is 124 Å². The Bertz CT molecular complexity index is 544. The second-order valence-corrected chi connectivity index (χ2v) is 4.36. The summed E-state index contributed by atoms with van der Waals surface area (Å²) in [6.45, 7) is 2.64. The van der Waals surface area contributed by atoms with Gasteiger partial charge < -0.3 is 15.7 Å². The maximum Gasteiger partial charge on any atom is 0.252 e. The number of aliphatic hydroxyl groups is 1. The van der Waals surface area contributed by atoms with E-state index in [1.165, 1.54) is 0 Å². The molecule has 0 radical (unpaired) electrons. The van der Waals surface area contributed by atoms with Crippen molar-refractivity contribution in [2.75, 3.05) is 19.7 Å². The third kappa shape index (κ3) is 6.11. The number of rotatable bonds is 6. The second kappa shape index (κ2) is 9.56. The number of hydrogen-bond acceptors (Lipinski definition) is 3. The summed E-state index contributed by atoms with van der Waals surface area (Å²) in [6, 6.07) is 6.89. The van der Waals surface area contributed by atoms with Gasteiger partial charge in [0.15, 0.2) is 0 Å². The third-order valence-electron chi connectivity index (χ3n) is 2.68. The highest BCUT2D eigenvalue weighted by Crippen LogP contribution is 2.07. The van der Waals surface area contributed by atoms with Crippen molar-refractivity contribution in [2.45, 2.75) is 19.8 Å². The molecule has 112 valence electrons. The van der Waals surface area contributed by atoms with Gasteiger partial charge in [-0.1, -0.05) is 30.9 Å². The van der Waals surface area contributed by atoms with Crippen molar-refractivity contribution in [1.82, 2.24) is 10.6 Å². The zero-order valence-corrected chi connectivity index (χ0v) is 12.1. The molecule has 1 rings (SSSR count). The molecule has 1 aromatic rings. The van der Waals surface area contributed by atoms with Crippen molar-refractivity contribution in [1.29, 1.82) is 0 Å². The van der Waals surface area contributed by atoms with Crippen molar-refractivity contribution in [3.8, 4) is 11.8 Å². The first-order valence-corrected chi connectivity index (χ1v) is 6.92. The van der Waals surface area contributed by atoms with Crippen molar-refractivity contribution in [2.24, 2.45) is 0 Å². The van der Waals surface area contributed by atoms with Gasteiger partial charge in [-0.25, -0.2) is 0 Å². The van der Waals surface area contributed by atoms with Gasteiger partial charge in [-0.15, -0.1) is 0 Å². The largest absolute Gasteiger partial charge is 0.384 e. The fourth-order valence-corrected chi connectivity index (χ4v) is 1.66. The number of carbonyl (C=O) groups is 2. The molecule has 3 N–H and O–H groups in total. The van der Waals surface area contributed by atoms with Crippen LogP contribution in [-0.4, -0.2) is 36.6 Å². The zero-order valence-electron chi connectivity index (χ0n) is 12.1. The summed E-state index contributed by atoms with van der Waals surface area (Å²) in [5.74, 6) is 4.89. The average Bonchev–Trinajstić information content (AvgIpc) is 2.51. The monoisotopic (exact) mass is 288 g/mol. The Hall–Kier alpha value is -2.32. The highest BCUT2D eigenvalue weighted by atomic mass is 16.2. The van der Waals surface area contributed by atoms with Gasteiger partial charge in [0.2, 0.25) is 5.91 Å². The Morgan fingerprint density at radius 1 is 1.19 bits per heavy atom. The molecular weight excluding hydrogens is 268 g/mol. The van der Waals surface area contributed by atoms with Crippen LogP contribution < -0.4 is 10.6 Å². The smallest absolute Gasteiger partial charge is 0.252 e. The fraction of sp³-hybridized carbons (Fsp3) is 0.375. The first-order valence-electron chi connectivity index (χ1n) is 6.92. The van der Waals surface area contributed by atoms with Crippen LogP contribution in [0.25, 0.3) is 0 Å². The van der Waals surface area contributed by atoms with Crippen LogP contribution in [0.5, 0.6) is 0 Å². The van der Waals surface area contributed by atoms with E-state index in [0.717, 1.165) is 6.42 Å². The molecule has 0 aromatic heterocycles. The van der Waals surface area contributed by atoms with Gasteiger partial charge in [0, 0.05) is 25.1 Å². The minimum Gasteiger partial charge on any atom is -0.384 e. The number of hydrogen-bond donors (Lipinski definition) is 3. The molecule has 0 aliphatic rings. The molecule has 0 spiro atoms. The number of amides is 2. The predicted molar refractivity (Wildman–Crippen MR) is 80.7 cm³/mol. The van der Waals surface area contributed by atoms with Gasteiger partial charge in [-0.2, -0.15) is 0 Å². The van der Waals surface area contributed by atoms with Gasteiger partial charge in [-0.05, 0) is 18.6 Å². The summed E-state index contributed by atoms with van der Waals surface area (Å²) < 4.78 is 0. The van der Waals surface area contributed by atoms with E-state index in [1.807, 2.05) is 6.92 Å². The molecule has 0 saturated heterocycles. The molecule has 0 aliphatic heterocycles. The molecule has 21 heavy (non-hydrogen) atoms. The zero-order chi connectivity index (χ0) is 15.5. The Morgan fingerprint density at radius 2 is 1.95 bits per heavy atom. The normalized spacial score (nSPS) is 9.43. The lowest BCUT2D eigenvalue weighted by Gasteiger charge is -2.07. The fourth-order valence-electron chi connectivity index (χ4n) is 1.66. The minimum atomic E-state index is -0.277. The Kier molecular flexibility index (Phi) is 7.62. The van der Waals surface area contributed by atoms with Crippen LogP contribution in [0.4, 0.5) is 0 Å². The van der Waals surface area contributed by atoms with E-state index in [1.54, 1.807) is 24.3 Å². The molecule has 0 unspecified atom stereocenters. The molecule has 0 bridgehead atoms. The lowest BCUT2D eigenvalue weighted by molar-refractivity contribution is -0.120. The molecule has 5 heteroatoms. The molecule has 2 amide bonds. The topological polar surface area (TPSA) is 78.4 Å². The maximum atomic E-state index is 12.1. The van der Waals surface area contributed by atoms with Gasteiger partial charge in [0.1, 0.15) is 6.61 Å². The van der Waals surface area contributed by atoms with E-state index < -0.39 is 0 Å². The van der Waals surface area contributed by atoms with Gasteiger partial charge >= 0.3 is 0 Å². The lowest BCUT2D eigenvalue weighted by atomic mass is 10.1. The molecule has 5 nitrogen and oxygen atoms in total. The van der Waals surface area contributed by atoms with Crippen LogP contribution in [0.3, 0.4) is 0 Å². The number of carbonyl (C=O) groups excluding carboxylic acids is 2. The molecule has 0 heterocycles. The quantitative estimate of drug-likeness (QED) is 0.673. The lowest BCUT2D eigenvalue weighted by Crippen LogP contribution is -2.31. The van der Waals surface area contributed by atoms with Gasteiger partial charge in [-0.3, -0.25) is 9.59 Å². The summed E-state index contributed by atoms with van der Waals surface area (Å²) >= 11 is 0.